The molecule has 1 unspecified atom stereocenters. The molecule has 0 fully saturated rings. The molecule has 1 aliphatic heterocycles. The van der Waals surface area contributed by atoms with Gasteiger partial charge in [-0.25, -0.2) is 0 Å². The van der Waals surface area contributed by atoms with Crippen molar-refractivity contribution in [2.24, 2.45) is 0 Å². The summed E-state index contributed by atoms with van der Waals surface area (Å²) in [6, 6.07) is 13.0. The Balaban J connectivity index is 1.82. The highest BCUT2D eigenvalue weighted by Gasteiger charge is 2.47. The first-order valence-electron chi connectivity index (χ1n) is 7.94. The lowest BCUT2D eigenvalue weighted by atomic mass is 10.0. The molecule has 2 amide bonds. The molecule has 1 aliphatic rings. The Bertz CT molecular complexity index is 799. The summed E-state index contributed by atoms with van der Waals surface area (Å²) in [7, 11) is 0. The van der Waals surface area contributed by atoms with Crippen molar-refractivity contribution in [2.45, 2.75) is 32.8 Å². The maximum atomic E-state index is 12.6. The number of benzene rings is 2. The lowest BCUT2D eigenvalue weighted by Crippen LogP contribution is -2.56. The van der Waals surface area contributed by atoms with E-state index in [9.17, 15) is 9.59 Å². The Morgan fingerprint density at radius 3 is 2.58 bits per heavy atom. The molecule has 0 saturated heterocycles. The number of nitrogens with one attached hydrogen (secondary N) is 2. The average Bonchev–Trinajstić information content (AvgIpc) is 2.57. The smallest absolute Gasteiger partial charge is 0.278 e. The first-order valence-corrected chi connectivity index (χ1v) is 7.94. The van der Waals surface area contributed by atoms with Crippen LogP contribution in [0.4, 0.5) is 11.4 Å². The van der Waals surface area contributed by atoms with Gasteiger partial charge in [-0.3, -0.25) is 9.59 Å². The number of fused-ring (bicyclic) bond motifs is 1. The van der Waals surface area contributed by atoms with E-state index >= 15 is 0 Å². The van der Waals surface area contributed by atoms with Crippen LogP contribution < -0.4 is 15.4 Å². The zero-order chi connectivity index (χ0) is 17.3. The topological polar surface area (TPSA) is 67.4 Å². The van der Waals surface area contributed by atoms with Crippen LogP contribution in [0, 0.1) is 6.92 Å². The van der Waals surface area contributed by atoms with Gasteiger partial charge in [0.05, 0.1) is 5.69 Å². The van der Waals surface area contributed by atoms with E-state index in [0.717, 1.165) is 12.0 Å². The van der Waals surface area contributed by atoms with Gasteiger partial charge < -0.3 is 15.4 Å². The number of hydrogen-bond acceptors (Lipinski definition) is 3. The molecule has 124 valence electrons. The van der Waals surface area contributed by atoms with Gasteiger partial charge in [0.15, 0.2) is 0 Å². The summed E-state index contributed by atoms with van der Waals surface area (Å²) in [5, 5.41) is 5.50. The van der Waals surface area contributed by atoms with Gasteiger partial charge in [-0.15, -0.1) is 0 Å². The zero-order valence-corrected chi connectivity index (χ0v) is 14.0. The Hall–Kier alpha value is -2.82. The molecule has 2 N–H and O–H groups in total. The van der Waals surface area contributed by atoms with Crippen molar-refractivity contribution in [3.63, 3.8) is 0 Å². The second-order valence-electron chi connectivity index (χ2n) is 6.09. The zero-order valence-electron chi connectivity index (χ0n) is 14.0. The molecular formula is C19H20N2O3. The molecule has 24 heavy (non-hydrogen) atoms. The van der Waals surface area contributed by atoms with Crippen molar-refractivity contribution >= 4 is 23.2 Å². The number of aryl methyl sites for hydroxylation is 2. The first-order chi connectivity index (χ1) is 11.4. The van der Waals surface area contributed by atoms with E-state index in [4.69, 9.17) is 4.74 Å². The van der Waals surface area contributed by atoms with Crippen LogP contribution in [0.2, 0.25) is 0 Å². The van der Waals surface area contributed by atoms with Crippen LogP contribution in [0.3, 0.4) is 0 Å². The van der Waals surface area contributed by atoms with Crippen LogP contribution >= 0.6 is 0 Å². The fourth-order valence-electron chi connectivity index (χ4n) is 2.56. The second kappa shape index (κ2) is 6.00. The molecule has 0 aliphatic carbocycles. The van der Waals surface area contributed by atoms with E-state index in [1.54, 1.807) is 6.07 Å². The van der Waals surface area contributed by atoms with Gasteiger partial charge in [-0.1, -0.05) is 25.1 Å². The third-order valence-electron chi connectivity index (χ3n) is 4.18. The largest absolute Gasteiger partial charge is 0.466 e. The summed E-state index contributed by atoms with van der Waals surface area (Å²) in [5.74, 6) is -0.502. The summed E-state index contributed by atoms with van der Waals surface area (Å²) < 4.78 is 5.74. The molecule has 1 heterocycles. The third-order valence-corrected chi connectivity index (χ3v) is 4.18. The molecule has 3 rings (SSSR count). The summed E-state index contributed by atoms with van der Waals surface area (Å²) >= 11 is 0. The van der Waals surface area contributed by atoms with E-state index in [0.29, 0.717) is 17.1 Å². The molecular weight excluding hydrogens is 304 g/mol. The molecule has 0 bridgehead atoms. The highest BCUT2D eigenvalue weighted by molar-refractivity contribution is 6.19. The Morgan fingerprint density at radius 1 is 1.21 bits per heavy atom. The normalized spacial score (nSPS) is 19.0. The fourth-order valence-corrected chi connectivity index (χ4v) is 2.56. The number of carbonyl (C=O) groups excluding carboxylic acids is 2. The molecule has 2 aromatic carbocycles. The maximum Gasteiger partial charge on any atom is 0.278 e. The number of carbonyl (C=O) groups is 2. The van der Waals surface area contributed by atoms with Gasteiger partial charge >= 0.3 is 0 Å². The molecule has 2 aromatic rings. The standard InChI is InChI=1S/C19H20N2O3/c1-4-13-6-8-14(9-7-13)20-17(22)19(3)18(23)21-15-11-12(2)5-10-16(15)24-19/h5-11H,4H2,1-3H3,(H,20,22)(H,21,23). The number of rotatable bonds is 3. The van der Waals surface area contributed by atoms with Crippen LogP contribution in [0.25, 0.3) is 0 Å². The number of anilines is 2. The Morgan fingerprint density at radius 2 is 1.92 bits per heavy atom. The van der Waals surface area contributed by atoms with Crippen molar-refractivity contribution in [2.75, 3.05) is 10.6 Å². The number of hydrogen-bond donors (Lipinski definition) is 2. The summed E-state index contributed by atoms with van der Waals surface area (Å²) in [6.07, 6.45) is 0.924. The van der Waals surface area contributed by atoms with E-state index in [-0.39, 0.29) is 0 Å². The van der Waals surface area contributed by atoms with Gasteiger partial charge in [0.1, 0.15) is 5.75 Å². The number of ether oxygens (including phenoxy) is 1. The van der Waals surface area contributed by atoms with Crippen molar-refractivity contribution in [1.82, 2.24) is 0 Å². The molecule has 0 radical (unpaired) electrons. The van der Waals surface area contributed by atoms with Crippen molar-refractivity contribution in [3.05, 3.63) is 53.6 Å². The number of amides is 2. The maximum absolute atomic E-state index is 12.6. The summed E-state index contributed by atoms with van der Waals surface area (Å²) in [4.78, 5) is 25.1. The minimum Gasteiger partial charge on any atom is -0.466 e. The highest BCUT2D eigenvalue weighted by Crippen LogP contribution is 2.34. The monoisotopic (exact) mass is 324 g/mol. The fraction of sp³-hybridized carbons (Fsp3) is 0.263. The van der Waals surface area contributed by atoms with Crippen molar-refractivity contribution in [3.8, 4) is 5.75 Å². The SMILES string of the molecule is CCc1ccc(NC(=O)C2(C)Oc3ccc(C)cc3NC2=O)cc1. The lowest BCUT2D eigenvalue weighted by molar-refractivity contribution is -0.143. The Labute approximate surface area is 141 Å². The quantitative estimate of drug-likeness (QED) is 0.851. The minimum atomic E-state index is -1.62. The van der Waals surface area contributed by atoms with Crippen LogP contribution in [-0.4, -0.2) is 17.4 Å². The van der Waals surface area contributed by atoms with E-state index in [1.165, 1.54) is 12.5 Å². The molecule has 0 spiro atoms. The molecule has 5 heteroatoms. The predicted octanol–water partition coefficient (Wildman–Crippen LogP) is 3.29. The third kappa shape index (κ3) is 2.85. The molecule has 0 saturated carbocycles. The van der Waals surface area contributed by atoms with Gasteiger partial charge in [-0.2, -0.15) is 0 Å². The van der Waals surface area contributed by atoms with Crippen molar-refractivity contribution in [1.29, 1.82) is 0 Å². The van der Waals surface area contributed by atoms with Crippen molar-refractivity contribution < 1.29 is 14.3 Å². The van der Waals surface area contributed by atoms with Crippen LogP contribution in [0.15, 0.2) is 42.5 Å². The van der Waals surface area contributed by atoms with E-state index < -0.39 is 17.4 Å². The van der Waals surface area contributed by atoms with Crippen LogP contribution in [0.1, 0.15) is 25.0 Å². The lowest BCUT2D eigenvalue weighted by Gasteiger charge is -2.33. The van der Waals surface area contributed by atoms with Crippen LogP contribution in [0.5, 0.6) is 5.75 Å². The minimum absolute atomic E-state index is 0.483. The molecule has 5 nitrogen and oxygen atoms in total. The predicted molar refractivity (Wildman–Crippen MR) is 93.3 cm³/mol. The van der Waals surface area contributed by atoms with Gasteiger partial charge in [0.25, 0.3) is 17.4 Å². The average molecular weight is 324 g/mol. The summed E-state index contributed by atoms with van der Waals surface area (Å²) in [6.45, 7) is 5.46. The van der Waals surface area contributed by atoms with E-state index in [2.05, 4.69) is 17.6 Å². The second-order valence-corrected chi connectivity index (χ2v) is 6.09. The van der Waals surface area contributed by atoms with Gasteiger partial charge in [0, 0.05) is 5.69 Å². The van der Waals surface area contributed by atoms with Crippen LogP contribution in [-0.2, 0) is 16.0 Å². The highest BCUT2D eigenvalue weighted by atomic mass is 16.5. The summed E-state index contributed by atoms with van der Waals surface area (Å²) in [5.41, 5.74) is 1.77. The van der Waals surface area contributed by atoms with E-state index in [1.807, 2.05) is 43.3 Å². The molecule has 0 aromatic heterocycles. The first kappa shape index (κ1) is 16.1. The Kier molecular flexibility index (Phi) is 4.01. The van der Waals surface area contributed by atoms with Gasteiger partial charge in [0.2, 0.25) is 0 Å². The molecule has 1 atom stereocenters. The van der Waals surface area contributed by atoms with Gasteiger partial charge in [-0.05, 0) is 55.7 Å².